The van der Waals surface area contributed by atoms with Crippen LogP contribution in [0.15, 0.2) is 54.9 Å². The van der Waals surface area contributed by atoms with Gasteiger partial charge in [0.1, 0.15) is 0 Å². The van der Waals surface area contributed by atoms with E-state index in [1.165, 1.54) is 6.92 Å². The maximum absolute atomic E-state index is 13.1. The number of hydrogen-bond acceptors (Lipinski definition) is 5. The molecule has 0 spiro atoms. The first-order valence-corrected chi connectivity index (χ1v) is 11.7. The number of carbonyl (C=O) groups is 3. The minimum absolute atomic E-state index is 0.152. The van der Waals surface area contributed by atoms with Crippen molar-refractivity contribution in [2.75, 3.05) is 18.5 Å². The summed E-state index contributed by atoms with van der Waals surface area (Å²) in [6.07, 6.45) is 2.71. The Balaban J connectivity index is 1.71. The van der Waals surface area contributed by atoms with Crippen molar-refractivity contribution in [2.24, 2.45) is 0 Å². The molecule has 1 atom stereocenters. The van der Waals surface area contributed by atoms with Crippen LogP contribution in [0.2, 0.25) is 0 Å². The molecule has 1 unspecified atom stereocenters. The van der Waals surface area contributed by atoms with E-state index < -0.39 is 17.9 Å². The monoisotopic (exact) mass is 486 g/mol. The van der Waals surface area contributed by atoms with E-state index in [0.717, 1.165) is 10.9 Å². The first-order chi connectivity index (χ1) is 17.4. The number of aromatic amines is 1. The fourth-order valence-corrected chi connectivity index (χ4v) is 4.70. The lowest BCUT2D eigenvalue weighted by Gasteiger charge is -2.13. The van der Waals surface area contributed by atoms with Crippen LogP contribution in [0, 0.1) is 0 Å². The number of para-hydroxylation sites is 1. The lowest BCUT2D eigenvalue weighted by Crippen LogP contribution is -2.22. The summed E-state index contributed by atoms with van der Waals surface area (Å²) in [5.41, 5.74) is 3.88. The number of aliphatic hydroxyl groups excluding tert-OH is 1. The highest BCUT2D eigenvalue weighted by Gasteiger charge is 2.35. The Hall–Kier alpha value is -4.21. The predicted octanol–water partition coefficient (Wildman–Crippen LogP) is 3.05. The first-order valence-electron chi connectivity index (χ1n) is 11.7. The number of aromatic nitrogens is 2. The summed E-state index contributed by atoms with van der Waals surface area (Å²) in [5.74, 6) is -1.17. The molecule has 36 heavy (non-hydrogen) atoms. The van der Waals surface area contributed by atoms with Gasteiger partial charge in [-0.2, -0.15) is 0 Å². The van der Waals surface area contributed by atoms with Crippen molar-refractivity contribution < 1.29 is 24.2 Å². The number of benzene rings is 2. The van der Waals surface area contributed by atoms with E-state index in [-0.39, 0.29) is 30.2 Å². The fraction of sp³-hybridized carbons (Fsp3) is 0.222. The molecule has 4 N–H and O–H groups in total. The molecule has 5 rings (SSSR count). The van der Waals surface area contributed by atoms with Crippen molar-refractivity contribution in [2.45, 2.75) is 26.5 Å². The van der Waals surface area contributed by atoms with E-state index in [4.69, 9.17) is 4.74 Å². The summed E-state index contributed by atoms with van der Waals surface area (Å²) in [6, 6.07) is 12.9. The Bertz CT molecular complexity index is 1540. The largest absolute Gasteiger partial charge is 0.389 e. The molecule has 0 saturated heterocycles. The third-order valence-electron chi connectivity index (χ3n) is 6.18. The van der Waals surface area contributed by atoms with Crippen LogP contribution in [0.5, 0.6) is 0 Å². The number of nitrogens with one attached hydrogen (secondary N) is 3. The highest BCUT2D eigenvalue weighted by Crippen LogP contribution is 2.38. The number of anilines is 1. The van der Waals surface area contributed by atoms with Gasteiger partial charge in [0.15, 0.2) is 0 Å². The Morgan fingerprint density at radius 2 is 1.83 bits per heavy atom. The zero-order valence-electron chi connectivity index (χ0n) is 19.9. The number of amides is 3. The molecular formula is C27H26N4O5. The van der Waals surface area contributed by atoms with Crippen molar-refractivity contribution in [1.29, 1.82) is 0 Å². The number of imide groups is 1. The summed E-state index contributed by atoms with van der Waals surface area (Å²) in [4.78, 5) is 40.9. The van der Waals surface area contributed by atoms with Crippen LogP contribution in [-0.4, -0.2) is 51.7 Å². The quantitative estimate of drug-likeness (QED) is 0.285. The molecule has 184 valence electrons. The molecule has 0 fully saturated rings. The van der Waals surface area contributed by atoms with Crippen LogP contribution in [-0.2, 0) is 25.7 Å². The van der Waals surface area contributed by atoms with Crippen LogP contribution in [0.25, 0.3) is 33.0 Å². The van der Waals surface area contributed by atoms with E-state index in [1.807, 2.05) is 35.8 Å². The average Bonchev–Trinajstić information content (AvgIpc) is 3.50. The van der Waals surface area contributed by atoms with Gasteiger partial charge in [-0.15, -0.1) is 0 Å². The Morgan fingerprint density at radius 3 is 2.58 bits per heavy atom. The van der Waals surface area contributed by atoms with Crippen LogP contribution in [0.3, 0.4) is 0 Å². The summed E-state index contributed by atoms with van der Waals surface area (Å²) in [5, 5.41) is 17.3. The van der Waals surface area contributed by atoms with Gasteiger partial charge in [-0.25, -0.2) is 0 Å². The third-order valence-corrected chi connectivity index (χ3v) is 6.18. The molecule has 0 radical (unpaired) electrons. The molecule has 2 aromatic heterocycles. The Kier molecular flexibility index (Phi) is 6.17. The second kappa shape index (κ2) is 9.44. The van der Waals surface area contributed by atoms with Gasteiger partial charge < -0.3 is 24.7 Å². The molecule has 9 nitrogen and oxygen atoms in total. The van der Waals surface area contributed by atoms with Crippen molar-refractivity contribution >= 4 is 56.4 Å². The van der Waals surface area contributed by atoms with E-state index in [9.17, 15) is 19.5 Å². The second-order valence-corrected chi connectivity index (χ2v) is 8.70. The van der Waals surface area contributed by atoms with Gasteiger partial charge in [0.25, 0.3) is 11.8 Å². The Labute approximate surface area is 206 Å². The third kappa shape index (κ3) is 4.19. The summed E-state index contributed by atoms with van der Waals surface area (Å²) in [7, 11) is 0. The summed E-state index contributed by atoms with van der Waals surface area (Å²) < 4.78 is 7.17. The number of hydrogen-bond donors (Lipinski definition) is 4. The minimum atomic E-state index is -0.793. The number of fused-ring (bicyclic) bond motifs is 2. The van der Waals surface area contributed by atoms with Gasteiger partial charge in [-0.05, 0) is 25.1 Å². The topological polar surface area (TPSA) is 125 Å². The number of nitrogens with zero attached hydrogens (tertiary/aromatic N) is 1. The molecule has 0 saturated carbocycles. The first kappa shape index (κ1) is 23.5. The number of carbonyl (C=O) groups excluding carboxylic acids is 3. The molecule has 0 aliphatic carbocycles. The SMILES string of the molecule is CCOCC(O)Cn1cc(C2=C(c3c[nH]c4ccccc34)C(=O)NC2=O)c2ccc(NC(C)=O)cc21. The van der Waals surface area contributed by atoms with Gasteiger partial charge >= 0.3 is 0 Å². The number of ether oxygens (including phenoxy) is 1. The average molecular weight is 487 g/mol. The summed E-state index contributed by atoms with van der Waals surface area (Å²) in [6.45, 7) is 4.10. The number of rotatable bonds is 8. The van der Waals surface area contributed by atoms with Gasteiger partial charge in [0, 0.05) is 59.0 Å². The van der Waals surface area contributed by atoms with Crippen LogP contribution in [0.1, 0.15) is 25.0 Å². The molecule has 1 aliphatic rings. The molecule has 0 bridgehead atoms. The summed E-state index contributed by atoms with van der Waals surface area (Å²) >= 11 is 0. The van der Waals surface area contributed by atoms with Gasteiger partial charge in [0.05, 0.1) is 35.9 Å². The maximum atomic E-state index is 13.1. The second-order valence-electron chi connectivity index (χ2n) is 8.70. The fourth-order valence-electron chi connectivity index (χ4n) is 4.70. The lowest BCUT2D eigenvalue weighted by atomic mass is 9.95. The van der Waals surface area contributed by atoms with Crippen molar-refractivity contribution in [3.8, 4) is 0 Å². The minimum Gasteiger partial charge on any atom is -0.389 e. The highest BCUT2D eigenvalue weighted by atomic mass is 16.5. The standard InChI is InChI=1S/C27H26N4O5/c1-3-36-14-17(33)12-31-13-21(19-9-8-16(10-23(19)31)29-15(2)32)25-24(26(34)30-27(25)35)20-11-28-22-7-5-4-6-18(20)22/h4-11,13,17,28,33H,3,12,14H2,1-2H3,(H,29,32)(H,30,34,35). The molecule has 3 heterocycles. The van der Waals surface area contributed by atoms with E-state index in [1.54, 1.807) is 30.6 Å². The zero-order chi connectivity index (χ0) is 25.4. The van der Waals surface area contributed by atoms with Gasteiger partial charge in [-0.3, -0.25) is 19.7 Å². The van der Waals surface area contributed by atoms with Crippen molar-refractivity contribution in [3.05, 3.63) is 66.0 Å². The smallest absolute Gasteiger partial charge is 0.259 e. The number of H-pyrrole nitrogens is 1. The van der Waals surface area contributed by atoms with E-state index in [2.05, 4.69) is 15.6 Å². The molecule has 1 aliphatic heterocycles. The molecular weight excluding hydrogens is 460 g/mol. The number of aliphatic hydroxyl groups is 1. The van der Waals surface area contributed by atoms with Crippen molar-refractivity contribution in [3.63, 3.8) is 0 Å². The zero-order valence-corrected chi connectivity index (χ0v) is 19.9. The van der Waals surface area contributed by atoms with Crippen LogP contribution in [0.4, 0.5) is 5.69 Å². The van der Waals surface area contributed by atoms with Gasteiger partial charge in [-0.1, -0.05) is 24.3 Å². The van der Waals surface area contributed by atoms with E-state index >= 15 is 0 Å². The molecule has 4 aromatic rings. The van der Waals surface area contributed by atoms with Crippen LogP contribution >= 0.6 is 0 Å². The van der Waals surface area contributed by atoms with E-state index in [0.29, 0.717) is 34.3 Å². The maximum Gasteiger partial charge on any atom is 0.259 e. The normalized spacial score (nSPS) is 14.6. The van der Waals surface area contributed by atoms with Crippen LogP contribution < -0.4 is 10.6 Å². The lowest BCUT2D eigenvalue weighted by molar-refractivity contribution is -0.123. The molecule has 9 heteroatoms. The molecule has 2 aromatic carbocycles. The van der Waals surface area contributed by atoms with Crippen molar-refractivity contribution in [1.82, 2.24) is 14.9 Å². The molecule has 3 amide bonds. The predicted molar refractivity (Wildman–Crippen MR) is 137 cm³/mol. The Morgan fingerprint density at radius 1 is 1.08 bits per heavy atom. The van der Waals surface area contributed by atoms with Gasteiger partial charge in [0.2, 0.25) is 5.91 Å². The highest BCUT2D eigenvalue weighted by molar-refractivity contribution is 6.50.